The fourth-order valence-electron chi connectivity index (χ4n) is 3.82. The van der Waals surface area contributed by atoms with Gasteiger partial charge in [0.15, 0.2) is 0 Å². The van der Waals surface area contributed by atoms with Gasteiger partial charge in [-0.2, -0.15) is 0 Å². The fraction of sp³-hybridized carbons (Fsp3) is 0.185. The summed E-state index contributed by atoms with van der Waals surface area (Å²) in [5.74, 6) is -0.0347. The summed E-state index contributed by atoms with van der Waals surface area (Å²) < 4.78 is 0. The molecule has 3 heteroatoms. The number of amides is 1. The molecule has 0 saturated heterocycles. The second-order valence-corrected chi connectivity index (χ2v) is 7.69. The molecule has 1 heterocycles. The molecule has 3 nitrogen and oxygen atoms in total. The predicted molar refractivity (Wildman–Crippen MR) is 124 cm³/mol. The topological polar surface area (TPSA) is 42.0 Å². The van der Waals surface area contributed by atoms with Gasteiger partial charge in [-0.15, -0.1) is 0 Å². The van der Waals surface area contributed by atoms with Crippen LogP contribution in [-0.4, -0.2) is 17.4 Å². The first-order valence-corrected chi connectivity index (χ1v) is 10.4. The lowest BCUT2D eigenvalue weighted by molar-refractivity contribution is 0.0954. The van der Waals surface area contributed by atoms with E-state index in [-0.39, 0.29) is 5.91 Å². The summed E-state index contributed by atoms with van der Waals surface area (Å²) in [7, 11) is 0. The van der Waals surface area contributed by atoms with Crippen molar-refractivity contribution in [3.8, 4) is 11.3 Å². The van der Waals surface area contributed by atoms with Gasteiger partial charge >= 0.3 is 0 Å². The molecule has 0 atom stereocenters. The SMILES string of the molecule is Cc1ccc(-c2nc3ccccc3c(C(=O)NCCCc3ccccc3)c2C)cc1. The van der Waals surface area contributed by atoms with Crippen LogP contribution in [0, 0.1) is 13.8 Å². The molecule has 4 rings (SSSR count). The smallest absolute Gasteiger partial charge is 0.252 e. The lowest BCUT2D eigenvalue weighted by atomic mass is 9.96. The number of fused-ring (bicyclic) bond motifs is 1. The number of nitrogens with zero attached hydrogens (tertiary/aromatic N) is 1. The van der Waals surface area contributed by atoms with Gasteiger partial charge in [-0.25, -0.2) is 4.98 Å². The molecule has 0 radical (unpaired) electrons. The molecule has 150 valence electrons. The van der Waals surface area contributed by atoms with Crippen LogP contribution >= 0.6 is 0 Å². The first-order valence-electron chi connectivity index (χ1n) is 10.4. The molecule has 3 aromatic carbocycles. The number of carbonyl (C=O) groups is 1. The number of rotatable bonds is 6. The van der Waals surface area contributed by atoms with E-state index in [1.54, 1.807) is 0 Å². The van der Waals surface area contributed by atoms with Crippen LogP contribution in [0.15, 0.2) is 78.9 Å². The summed E-state index contributed by atoms with van der Waals surface area (Å²) >= 11 is 0. The van der Waals surface area contributed by atoms with E-state index in [1.807, 2.05) is 49.4 Å². The van der Waals surface area contributed by atoms with Gasteiger partial charge in [-0.3, -0.25) is 4.79 Å². The first-order chi connectivity index (χ1) is 14.6. The lowest BCUT2D eigenvalue weighted by Gasteiger charge is -2.15. The molecular formula is C27H26N2O. The van der Waals surface area contributed by atoms with Gasteiger partial charge in [0.1, 0.15) is 0 Å². The highest BCUT2D eigenvalue weighted by Crippen LogP contribution is 2.29. The van der Waals surface area contributed by atoms with Crippen molar-refractivity contribution in [3.05, 3.63) is 101 Å². The van der Waals surface area contributed by atoms with Crippen molar-refractivity contribution in [2.24, 2.45) is 0 Å². The number of carbonyl (C=O) groups excluding carboxylic acids is 1. The quantitative estimate of drug-likeness (QED) is 0.415. The first kappa shape index (κ1) is 19.8. The molecule has 1 N–H and O–H groups in total. The second kappa shape index (κ2) is 8.91. The Bertz CT molecular complexity index is 1160. The minimum absolute atomic E-state index is 0.0347. The van der Waals surface area contributed by atoms with E-state index < -0.39 is 0 Å². The molecule has 0 bridgehead atoms. The molecule has 0 aliphatic rings. The molecule has 30 heavy (non-hydrogen) atoms. The Morgan fingerprint density at radius 3 is 2.33 bits per heavy atom. The Morgan fingerprint density at radius 1 is 0.867 bits per heavy atom. The van der Waals surface area contributed by atoms with Gasteiger partial charge in [0, 0.05) is 17.5 Å². The highest BCUT2D eigenvalue weighted by Gasteiger charge is 2.18. The van der Waals surface area contributed by atoms with Crippen LogP contribution in [0.5, 0.6) is 0 Å². The van der Waals surface area contributed by atoms with Crippen LogP contribution in [0.1, 0.15) is 33.5 Å². The van der Waals surface area contributed by atoms with Crippen LogP contribution in [-0.2, 0) is 6.42 Å². The third kappa shape index (κ3) is 4.25. The highest BCUT2D eigenvalue weighted by molar-refractivity contribution is 6.08. The van der Waals surface area contributed by atoms with Gasteiger partial charge < -0.3 is 5.32 Å². The third-order valence-electron chi connectivity index (χ3n) is 5.46. The molecule has 0 spiro atoms. The largest absolute Gasteiger partial charge is 0.352 e. The van der Waals surface area contributed by atoms with Crippen molar-refractivity contribution in [1.82, 2.24) is 10.3 Å². The minimum atomic E-state index is -0.0347. The van der Waals surface area contributed by atoms with Crippen LogP contribution in [0.2, 0.25) is 0 Å². The maximum atomic E-state index is 13.2. The van der Waals surface area contributed by atoms with Crippen molar-refractivity contribution in [2.75, 3.05) is 6.54 Å². The number of nitrogens with one attached hydrogen (secondary N) is 1. The minimum Gasteiger partial charge on any atom is -0.352 e. The number of pyridine rings is 1. The molecular weight excluding hydrogens is 368 g/mol. The van der Waals surface area contributed by atoms with E-state index in [0.29, 0.717) is 6.54 Å². The van der Waals surface area contributed by atoms with E-state index in [9.17, 15) is 4.79 Å². The number of aromatic nitrogens is 1. The zero-order chi connectivity index (χ0) is 20.9. The average molecular weight is 395 g/mol. The number of hydrogen-bond donors (Lipinski definition) is 1. The van der Waals surface area contributed by atoms with Crippen LogP contribution in [0.3, 0.4) is 0 Å². The van der Waals surface area contributed by atoms with Crippen molar-refractivity contribution < 1.29 is 4.79 Å². The fourth-order valence-corrected chi connectivity index (χ4v) is 3.82. The number of aryl methyl sites for hydroxylation is 2. The lowest BCUT2D eigenvalue weighted by Crippen LogP contribution is -2.26. The Balaban J connectivity index is 1.61. The maximum Gasteiger partial charge on any atom is 0.252 e. The highest BCUT2D eigenvalue weighted by atomic mass is 16.1. The Labute approximate surface area is 177 Å². The van der Waals surface area contributed by atoms with Crippen molar-refractivity contribution in [2.45, 2.75) is 26.7 Å². The number of para-hydroxylation sites is 1. The zero-order valence-corrected chi connectivity index (χ0v) is 17.5. The molecule has 0 aliphatic carbocycles. The van der Waals surface area contributed by atoms with E-state index in [2.05, 4.69) is 48.6 Å². The number of benzene rings is 3. The van der Waals surface area contributed by atoms with E-state index in [4.69, 9.17) is 4.98 Å². The summed E-state index contributed by atoms with van der Waals surface area (Å²) in [5.41, 5.74) is 6.86. The molecule has 0 saturated carbocycles. The summed E-state index contributed by atoms with van der Waals surface area (Å²) in [6.07, 6.45) is 1.86. The third-order valence-corrected chi connectivity index (χ3v) is 5.46. The van der Waals surface area contributed by atoms with Gasteiger partial charge in [0.05, 0.1) is 16.8 Å². The van der Waals surface area contributed by atoms with E-state index >= 15 is 0 Å². The monoisotopic (exact) mass is 394 g/mol. The summed E-state index contributed by atoms with van der Waals surface area (Å²) in [4.78, 5) is 18.1. The van der Waals surface area contributed by atoms with Crippen LogP contribution < -0.4 is 5.32 Å². The zero-order valence-electron chi connectivity index (χ0n) is 17.5. The molecule has 1 amide bonds. The van der Waals surface area contributed by atoms with Crippen LogP contribution in [0.4, 0.5) is 0 Å². The molecule has 0 aliphatic heterocycles. The number of hydrogen-bond acceptors (Lipinski definition) is 2. The maximum absolute atomic E-state index is 13.2. The van der Waals surface area contributed by atoms with E-state index in [0.717, 1.165) is 46.1 Å². The molecule has 4 aromatic rings. The van der Waals surface area contributed by atoms with Gasteiger partial charge in [0.25, 0.3) is 5.91 Å². The molecule has 0 unspecified atom stereocenters. The Hall–Kier alpha value is -3.46. The summed E-state index contributed by atoms with van der Waals surface area (Å²) in [6, 6.07) is 26.5. The molecule has 1 aromatic heterocycles. The Morgan fingerprint density at radius 2 is 1.57 bits per heavy atom. The van der Waals surface area contributed by atoms with Gasteiger partial charge in [-0.1, -0.05) is 78.4 Å². The summed E-state index contributed by atoms with van der Waals surface area (Å²) in [5, 5.41) is 4.02. The van der Waals surface area contributed by atoms with Crippen molar-refractivity contribution >= 4 is 16.8 Å². The normalized spacial score (nSPS) is 10.9. The van der Waals surface area contributed by atoms with Crippen LogP contribution in [0.25, 0.3) is 22.2 Å². The Kier molecular flexibility index (Phi) is 5.89. The van der Waals surface area contributed by atoms with Crippen molar-refractivity contribution in [3.63, 3.8) is 0 Å². The second-order valence-electron chi connectivity index (χ2n) is 7.69. The van der Waals surface area contributed by atoms with Gasteiger partial charge in [0.2, 0.25) is 0 Å². The van der Waals surface area contributed by atoms with E-state index in [1.165, 1.54) is 11.1 Å². The average Bonchev–Trinajstić information content (AvgIpc) is 2.77. The van der Waals surface area contributed by atoms with Crippen molar-refractivity contribution in [1.29, 1.82) is 0 Å². The standard InChI is InChI=1S/C27H26N2O/c1-19-14-16-22(17-15-19)26-20(2)25(23-12-6-7-13-24(23)29-26)27(30)28-18-8-11-21-9-4-3-5-10-21/h3-7,9-10,12-17H,8,11,18H2,1-2H3,(H,28,30). The van der Waals surface area contributed by atoms with Gasteiger partial charge in [-0.05, 0) is 43.9 Å². The summed E-state index contributed by atoms with van der Waals surface area (Å²) in [6.45, 7) is 4.70. The predicted octanol–water partition coefficient (Wildman–Crippen LogP) is 5.88. The molecule has 0 fully saturated rings.